The normalized spacial score (nSPS) is 12.1. The monoisotopic (exact) mass is 434 g/mol. The van der Waals surface area contributed by atoms with E-state index in [0.717, 1.165) is 5.56 Å². The Balaban J connectivity index is 1.62. The number of hydrogen-bond donors (Lipinski definition) is 1. The van der Waals surface area contributed by atoms with Gasteiger partial charge in [0.15, 0.2) is 0 Å². The molecule has 0 aliphatic carbocycles. The maximum absolute atomic E-state index is 12.6. The Morgan fingerprint density at radius 1 is 1.24 bits per heavy atom. The molecular formula is C21H20Cl2N2O4. The van der Waals surface area contributed by atoms with Crippen molar-refractivity contribution in [2.75, 3.05) is 6.61 Å². The van der Waals surface area contributed by atoms with Gasteiger partial charge in [-0.2, -0.15) is 0 Å². The third-order valence-corrected chi connectivity index (χ3v) is 4.89. The summed E-state index contributed by atoms with van der Waals surface area (Å²) in [7, 11) is 0. The van der Waals surface area contributed by atoms with Gasteiger partial charge in [-0.05, 0) is 43.2 Å². The van der Waals surface area contributed by atoms with Gasteiger partial charge in [0.1, 0.15) is 24.2 Å². The number of ether oxygens (including phenoxy) is 1. The van der Waals surface area contributed by atoms with Crippen molar-refractivity contribution in [3.8, 4) is 5.75 Å². The number of aromatic nitrogens is 2. The molecule has 0 aliphatic rings. The third kappa shape index (κ3) is 5.56. The van der Waals surface area contributed by atoms with Crippen molar-refractivity contribution in [1.82, 2.24) is 9.55 Å². The standard InChI is InChI=1S/C21H20Cl2N2O4/c1-13(26)2-3-14-4-6-17(7-5-14)29-11-16(27)10-25-12-24-20-18(21(25)28)8-15(22)9-19(20)23/h4-9,12,16,27H,2-3,10-11H2,1H3. The number of carbonyl (C=O) groups is 1. The summed E-state index contributed by atoms with van der Waals surface area (Å²) in [5, 5.41) is 11.2. The molecular weight excluding hydrogens is 415 g/mol. The van der Waals surface area contributed by atoms with Gasteiger partial charge in [-0.25, -0.2) is 4.98 Å². The molecule has 1 N–H and O–H groups in total. The van der Waals surface area contributed by atoms with E-state index < -0.39 is 6.10 Å². The van der Waals surface area contributed by atoms with Gasteiger partial charge in [0.25, 0.3) is 5.56 Å². The highest BCUT2D eigenvalue weighted by Gasteiger charge is 2.12. The number of nitrogens with zero attached hydrogens (tertiary/aromatic N) is 2. The second-order valence-electron chi connectivity index (χ2n) is 6.80. The molecule has 0 saturated carbocycles. The average Bonchev–Trinajstić information content (AvgIpc) is 2.68. The van der Waals surface area contributed by atoms with Gasteiger partial charge in [0.2, 0.25) is 0 Å². The van der Waals surface area contributed by atoms with Crippen molar-refractivity contribution in [1.29, 1.82) is 0 Å². The molecule has 6 nitrogen and oxygen atoms in total. The average molecular weight is 435 g/mol. The van der Waals surface area contributed by atoms with Gasteiger partial charge in [-0.3, -0.25) is 9.36 Å². The van der Waals surface area contributed by atoms with Crippen molar-refractivity contribution in [3.63, 3.8) is 0 Å². The first kappa shape index (κ1) is 21.3. The van der Waals surface area contributed by atoms with Crippen LogP contribution < -0.4 is 10.3 Å². The summed E-state index contributed by atoms with van der Waals surface area (Å²) in [6.45, 7) is 1.59. The Kier molecular flexibility index (Phi) is 6.90. The number of benzene rings is 2. The molecule has 0 bridgehead atoms. The minimum atomic E-state index is -0.918. The third-order valence-electron chi connectivity index (χ3n) is 4.38. The van der Waals surface area contributed by atoms with Crippen molar-refractivity contribution in [2.24, 2.45) is 0 Å². The van der Waals surface area contributed by atoms with Gasteiger partial charge >= 0.3 is 0 Å². The van der Waals surface area contributed by atoms with Crippen LogP contribution in [0.2, 0.25) is 10.0 Å². The van der Waals surface area contributed by atoms with Crippen molar-refractivity contribution in [2.45, 2.75) is 32.4 Å². The summed E-state index contributed by atoms with van der Waals surface area (Å²) in [5.74, 6) is 0.745. The molecule has 3 rings (SSSR count). The SMILES string of the molecule is CC(=O)CCc1ccc(OCC(O)Cn2cnc3c(Cl)cc(Cl)cc3c2=O)cc1. The number of ketones is 1. The van der Waals surface area contributed by atoms with Crippen LogP contribution >= 0.6 is 23.2 Å². The van der Waals surface area contributed by atoms with E-state index in [-0.39, 0.29) is 24.5 Å². The molecule has 2 aromatic carbocycles. The van der Waals surface area contributed by atoms with Gasteiger partial charge in [0.05, 0.1) is 28.8 Å². The van der Waals surface area contributed by atoms with Crippen molar-refractivity contribution in [3.05, 3.63) is 68.7 Å². The Morgan fingerprint density at radius 2 is 1.97 bits per heavy atom. The number of halogens is 2. The van der Waals surface area contributed by atoms with Crippen LogP contribution in [0.4, 0.5) is 0 Å². The fourth-order valence-corrected chi connectivity index (χ4v) is 3.41. The predicted octanol–water partition coefficient (Wildman–Crippen LogP) is 3.66. The molecule has 0 fully saturated rings. The smallest absolute Gasteiger partial charge is 0.261 e. The number of aliphatic hydroxyl groups is 1. The zero-order valence-corrected chi connectivity index (χ0v) is 17.3. The fourth-order valence-electron chi connectivity index (χ4n) is 2.87. The quantitative estimate of drug-likeness (QED) is 0.584. The summed E-state index contributed by atoms with van der Waals surface area (Å²) < 4.78 is 6.89. The summed E-state index contributed by atoms with van der Waals surface area (Å²) in [6, 6.07) is 10.4. The number of carbonyl (C=O) groups excluding carboxylic acids is 1. The summed E-state index contributed by atoms with van der Waals surface area (Å²) >= 11 is 12.0. The van der Waals surface area contributed by atoms with E-state index >= 15 is 0 Å². The van der Waals surface area contributed by atoms with Crippen molar-refractivity contribution < 1.29 is 14.6 Å². The molecule has 0 saturated heterocycles. The second kappa shape index (κ2) is 9.39. The molecule has 3 aromatic rings. The molecule has 1 unspecified atom stereocenters. The first-order valence-electron chi connectivity index (χ1n) is 9.07. The lowest BCUT2D eigenvalue weighted by Gasteiger charge is -2.14. The lowest BCUT2D eigenvalue weighted by Crippen LogP contribution is -2.30. The summed E-state index contributed by atoms with van der Waals surface area (Å²) in [5.41, 5.74) is 1.07. The molecule has 0 amide bonds. The minimum absolute atomic E-state index is 0.00751. The van der Waals surface area contributed by atoms with Gasteiger partial charge in [0, 0.05) is 11.4 Å². The highest BCUT2D eigenvalue weighted by molar-refractivity contribution is 6.38. The highest BCUT2D eigenvalue weighted by atomic mass is 35.5. The van der Waals surface area contributed by atoms with Crippen LogP contribution in [-0.4, -0.2) is 33.2 Å². The Morgan fingerprint density at radius 3 is 2.66 bits per heavy atom. The Labute approximate surface area is 177 Å². The van der Waals surface area contributed by atoms with E-state index in [0.29, 0.717) is 39.5 Å². The van der Waals surface area contributed by atoms with Crippen LogP contribution in [0.3, 0.4) is 0 Å². The van der Waals surface area contributed by atoms with Crippen LogP contribution in [0.25, 0.3) is 10.9 Å². The molecule has 1 aromatic heterocycles. The maximum atomic E-state index is 12.6. The molecule has 0 radical (unpaired) electrons. The molecule has 1 heterocycles. The minimum Gasteiger partial charge on any atom is -0.491 e. The van der Waals surface area contributed by atoms with Crippen LogP contribution in [0.15, 0.2) is 47.5 Å². The zero-order chi connectivity index (χ0) is 21.0. The highest BCUT2D eigenvalue weighted by Crippen LogP contribution is 2.24. The van der Waals surface area contributed by atoms with Gasteiger partial charge in [-0.15, -0.1) is 0 Å². The molecule has 1 atom stereocenters. The molecule has 29 heavy (non-hydrogen) atoms. The van der Waals surface area contributed by atoms with Gasteiger partial charge in [-0.1, -0.05) is 35.3 Å². The molecule has 152 valence electrons. The number of hydrogen-bond acceptors (Lipinski definition) is 5. The van der Waals surface area contributed by atoms with Crippen LogP contribution in [0.5, 0.6) is 5.75 Å². The Bertz CT molecular complexity index is 1080. The lowest BCUT2D eigenvalue weighted by molar-refractivity contribution is -0.116. The molecule has 8 heteroatoms. The van der Waals surface area contributed by atoms with Crippen molar-refractivity contribution >= 4 is 39.9 Å². The maximum Gasteiger partial charge on any atom is 0.261 e. The van der Waals surface area contributed by atoms with Crippen LogP contribution in [0.1, 0.15) is 18.9 Å². The van der Waals surface area contributed by atoms with E-state index in [2.05, 4.69) is 4.98 Å². The number of fused-ring (bicyclic) bond motifs is 1. The van der Waals surface area contributed by atoms with Gasteiger partial charge < -0.3 is 14.6 Å². The topological polar surface area (TPSA) is 81.4 Å². The number of aryl methyl sites for hydroxylation is 1. The van der Waals surface area contributed by atoms with Crippen LogP contribution in [0, 0.1) is 0 Å². The van der Waals surface area contributed by atoms with E-state index in [1.807, 2.05) is 12.1 Å². The van der Waals surface area contributed by atoms with E-state index in [1.165, 1.54) is 23.0 Å². The van der Waals surface area contributed by atoms with E-state index in [1.54, 1.807) is 19.1 Å². The lowest BCUT2D eigenvalue weighted by atomic mass is 10.1. The molecule has 0 aliphatic heterocycles. The first-order chi connectivity index (χ1) is 13.8. The first-order valence-corrected chi connectivity index (χ1v) is 9.82. The summed E-state index contributed by atoms with van der Waals surface area (Å²) in [6.07, 6.45) is 1.62. The number of rotatable bonds is 8. The van der Waals surface area contributed by atoms with Crippen LogP contribution in [-0.2, 0) is 17.8 Å². The largest absolute Gasteiger partial charge is 0.491 e. The molecule has 0 spiro atoms. The zero-order valence-electron chi connectivity index (χ0n) is 15.8. The van der Waals surface area contributed by atoms with E-state index in [9.17, 15) is 14.7 Å². The summed E-state index contributed by atoms with van der Waals surface area (Å²) in [4.78, 5) is 27.9. The predicted molar refractivity (Wildman–Crippen MR) is 113 cm³/mol. The number of aliphatic hydroxyl groups excluding tert-OH is 1. The number of Topliss-reactive ketones (excluding diaryl/α,β-unsaturated/α-hetero) is 1. The second-order valence-corrected chi connectivity index (χ2v) is 7.64. The fraction of sp³-hybridized carbons (Fsp3) is 0.286. The van der Waals surface area contributed by atoms with E-state index in [4.69, 9.17) is 27.9 Å². The Hall–Kier alpha value is -2.41.